The molecular formula is C19H22N6O. The molecule has 7 heteroatoms. The molecule has 0 spiro atoms. The summed E-state index contributed by atoms with van der Waals surface area (Å²) in [5.41, 5.74) is 2.93. The first-order valence-corrected chi connectivity index (χ1v) is 8.57. The summed E-state index contributed by atoms with van der Waals surface area (Å²) >= 11 is 0. The highest BCUT2D eigenvalue weighted by molar-refractivity contribution is 5.51. The molecule has 3 aromatic rings. The number of hydrogen-bond donors (Lipinski definition) is 0. The van der Waals surface area contributed by atoms with Crippen molar-refractivity contribution in [3.05, 3.63) is 70.4 Å². The van der Waals surface area contributed by atoms with Crippen LogP contribution >= 0.6 is 0 Å². The molecule has 134 valence electrons. The van der Waals surface area contributed by atoms with Crippen LogP contribution in [0.5, 0.6) is 0 Å². The number of para-hydroxylation sites is 2. The average Bonchev–Trinajstić information content (AvgIpc) is 3.13. The molecule has 0 aliphatic rings. The van der Waals surface area contributed by atoms with E-state index in [4.69, 9.17) is 0 Å². The summed E-state index contributed by atoms with van der Waals surface area (Å²) in [7, 11) is 0. The van der Waals surface area contributed by atoms with E-state index in [1.54, 1.807) is 4.68 Å². The third-order valence-corrected chi connectivity index (χ3v) is 4.84. The lowest BCUT2D eigenvalue weighted by Crippen LogP contribution is -2.42. The molecule has 0 aliphatic heterocycles. The van der Waals surface area contributed by atoms with E-state index < -0.39 is 5.54 Å². The van der Waals surface area contributed by atoms with Crippen LogP contribution in [0, 0.1) is 18.8 Å². The molecule has 1 heterocycles. The number of tetrazole rings is 1. The highest BCUT2D eigenvalue weighted by Crippen LogP contribution is 2.36. The zero-order chi connectivity index (χ0) is 18.7. The van der Waals surface area contributed by atoms with Gasteiger partial charge in [0.25, 0.3) is 0 Å². The third kappa shape index (κ3) is 2.85. The predicted octanol–water partition coefficient (Wildman–Crippen LogP) is 4.09. The molecule has 3 rings (SSSR count). The lowest BCUT2D eigenvalue weighted by Gasteiger charge is -2.35. The van der Waals surface area contributed by atoms with Gasteiger partial charge in [0.15, 0.2) is 5.82 Å². The molecule has 1 atom stereocenters. The van der Waals surface area contributed by atoms with Crippen LogP contribution < -0.4 is 5.01 Å². The van der Waals surface area contributed by atoms with Gasteiger partial charge in [-0.05, 0) is 60.9 Å². The molecule has 7 nitrogen and oxygen atoms in total. The fraction of sp³-hybridized carbons (Fsp3) is 0.316. The quantitative estimate of drug-likeness (QED) is 0.494. The van der Waals surface area contributed by atoms with Crippen LogP contribution in [0.4, 0.5) is 5.69 Å². The summed E-state index contributed by atoms with van der Waals surface area (Å²) in [6.45, 7) is 7.95. The zero-order valence-corrected chi connectivity index (χ0v) is 15.4. The first-order valence-electron chi connectivity index (χ1n) is 8.57. The van der Waals surface area contributed by atoms with E-state index in [1.807, 2.05) is 76.2 Å². The number of aryl methyl sites for hydroxylation is 2. The van der Waals surface area contributed by atoms with Crippen molar-refractivity contribution in [1.82, 2.24) is 20.2 Å². The molecule has 2 aromatic carbocycles. The van der Waals surface area contributed by atoms with E-state index in [9.17, 15) is 4.91 Å². The second kappa shape index (κ2) is 7.03. The van der Waals surface area contributed by atoms with Gasteiger partial charge in [-0.1, -0.05) is 43.3 Å². The van der Waals surface area contributed by atoms with Crippen molar-refractivity contribution in [3.63, 3.8) is 0 Å². The van der Waals surface area contributed by atoms with Crippen LogP contribution in [0.2, 0.25) is 0 Å². The molecule has 0 amide bonds. The van der Waals surface area contributed by atoms with Crippen molar-refractivity contribution < 1.29 is 0 Å². The molecule has 0 radical (unpaired) electrons. The molecule has 0 N–H and O–H groups in total. The minimum Gasteiger partial charge on any atom is -0.216 e. The topological polar surface area (TPSA) is 76.3 Å². The molecule has 0 saturated carbocycles. The van der Waals surface area contributed by atoms with E-state index in [0.29, 0.717) is 17.9 Å². The minimum atomic E-state index is -0.804. The molecular weight excluding hydrogens is 328 g/mol. The lowest BCUT2D eigenvalue weighted by molar-refractivity contribution is 0.392. The number of anilines is 1. The number of aromatic nitrogens is 4. The van der Waals surface area contributed by atoms with Crippen molar-refractivity contribution in [2.45, 2.75) is 39.7 Å². The fourth-order valence-electron chi connectivity index (χ4n) is 3.21. The van der Waals surface area contributed by atoms with Crippen LogP contribution in [0.3, 0.4) is 0 Å². The molecule has 0 unspecified atom stereocenters. The smallest absolute Gasteiger partial charge is 0.184 e. The van der Waals surface area contributed by atoms with Gasteiger partial charge in [-0.2, -0.15) is 4.68 Å². The number of hydrogen-bond acceptors (Lipinski definition) is 5. The minimum absolute atomic E-state index is 0.570. The number of nitrogens with zero attached hydrogens (tertiary/aromatic N) is 6. The number of benzene rings is 2. The first-order chi connectivity index (χ1) is 12.5. The van der Waals surface area contributed by atoms with Gasteiger partial charge in [-0.3, -0.25) is 0 Å². The van der Waals surface area contributed by atoms with Crippen molar-refractivity contribution in [2.75, 3.05) is 5.01 Å². The van der Waals surface area contributed by atoms with Crippen molar-refractivity contribution in [3.8, 4) is 5.69 Å². The summed E-state index contributed by atoms with van der Waals surface area (Å²) in [5.74, 6) is 0.570. The van der Waals surface area contributed by atoms with Gasteiger partial charge in [0, 0.05) is 0 Å². The first kappa shape index (κ1) is 17.7. The van der Waals surface area contributed by atoms with Crippen LogP contribution in [-0.4, -0.2) is 20.2 Å². The van der Waals surface area contributed by atoms with Gasteiger partial charge in [-0.15, -0.1) is 10.0 Å². The monoisotopic (exact) mass is 350 g/mol. The predicted molar refractivity (Wildman–Crippen MR) is 101 cm³/mol. The summed E-state index contributed by atoms with van der Waals surface area (Å²) in [5, 5.41) is 17.1. The molecule has 0 aliphatic carbocycles. The Bertz CT molecular complexity index is 887. The van der Waals surface area contributed by atoms with Crippen molar-refractivity contribution in [2.24, 2.45) is 5.29 Å². The molecule has 0 saturated heterocycles. The number of rotatable bonds is 6. The van der Waals surface area contributed by atoms with Gasteiger partial charge in [0.05, 0.1) is 16.7 Å². The standard InChI is InChI=1S/C19H22N6O/c1-5-19(4,25(23-26)16-12-7-6-8-13-16)18-20-21-22-24(18)17-14(2)10-9-11-15(17)3/h6-13H,5H2,1-4H3/t19-/m0/s1. The Morgan fingerprint density at radius 2 is 1.73 bits per heavy atom. The zero-order valence-electron chi connectivity index (χ0n) is 15.4. The van der Waals surface area contributed by atoms with Crippen LogP contribution in [-0.2, 0) is 5.54 Å². The summed E-state index contributed by atoms with van der Waals surface area (Å²) in [6.07, 6.45) is 0.596. The van der Waals surface area contributed by atoms with Gasteiger partial charge in [0.1, 0.15) is 5.54 Å². The van der Waals surface area contributed by atoms with Gasteiger partial charge in [-0.25, -0.2) is 5.01 Å². The van der Waals surface area contributed by atoms with Crippen molar-refractivity contribution in [1.29, 1.82) is 0 Å². The van der Waals surface area contributed by atoms with Gasteiger partial charge >= 0.3 is 0 Å². The molecule has 26 heavy (non-hydrogen) atoms. The normalized spacial score (nSPS) is 13.2. The Morgan fingerprint density at radius 3 is 2.31 bits per heavy atom. The highest BCUT2D eigenvalue weighted by Gasteiger charge is 2.40. The Hall–Kier alpha value is -3.09. The summed E-state index contributed by atoms with van der Waals surface area (Å²) in [6, 6.07) is 15.4. The Morgan fingerprint density at radius 1 is 1.08 bits per heavy atom. The average molecular weight is 350 g/mol. The van der Waals surface area contributed by atoms with E-state index in [1.165, 1.54) is 5.01 Å². The summed E-state index contributed by atoms with van der Waals surface area (Å²) in [4.78, 5) is 11.8. The maximum atomic E-state index is 11.8. The summed E-state index contributed by atoms with van der Waals surface area (Å²) < 4.78 is 1.72. The van der Waals surface area contributed by atoms with Crippen LogP contribution in [0.1, 0.15) is 37.2 Å². The van der Waals surface area contributed by atoms with Crippen LogP contribution in [0.15, 0.2) is 53.8 Å². The highest BCUT2D eigenvalue weighted by atomic mass is 16.3. The fourth-order valence-corrected chi connectivity index (χ4v) is 3.21. The largest absolute Gasteiger partial charge is 0.216 e. The Labute approximate surface area is 152 Å². The Balaban J connectivity index is 2.18. The van der Waals surface area contributed by atoms with Gasteiger partial charge in [0.2, 0.25) is 0 Å². The van der Waals surface area contributed by atoms with Crippen molar-refractivity contribution >= 4 is 5.69 Å². The second-order valence-corrected chi connectivity index (χ2v) is 6.51. The maximum Gasteiger partial charge on any atom is 0.184 e. The molecule has 0 bridgehead atoms. The number of nitroso groups, excluding NO2 is 1. The molecule has 1 aromatic heterocycles. The third-order valence-electron chi connectivity index (χ3n) is 4.84. The SMILES string of the molecule is CC[C@@](C)(c1nnnn1-c1c(C)cccc1C)N(N=O)c1ccccc1. The Kier molecular flexibility index (Phi) is 4.79. The maximum absolute atomic E-state index is 11.8. The van der Waals surface area contributed by atoms with E-state index >= 15 is 0 Å². The van der Waals surface area contributed by atoms with E-state index in [0.717, 1.165) is 16.8 Å². The molecule has 0 fully saturated rings. The van der Waals surface area contributed by atoms with Crippen LogP contribution in [0.25, 0.3) is 5.69 Å². The van der Waals surface area contributed by atoms with E-state index in [2.05, 4.69) is 20.8 Å². The van der Waals surface area contributed by atoms with Gasteiger partial charge < -0.3 is 0 Å². The lowest BCUT2D eigenvalue weighted by atomic mass is 9.95. The second-order valence-electron chi connectivity index (χ2n) is 6.51. The van der Waals surface area contributed by atoms with E-state index in [-0.39, 0.29) is 0 Å².